The zero-order valence-corrected chi connectivity index (χ0v) is 16.6. The number of rotatable bonds is 6. The third-order valence-corrected chi connectivity index (χ3v) is 3.73. The van der Waals surface area contributed by atoms with Crippen molar-refractivity contribution in [2.45, 2.75) is 32.9 Å². The molecule has 0 atom stereocenters. The molecule has 140 valence electrons. The Hall–Kier alpha value is -2.15. The first-order valence-electron chi connectivity index (χ1n) is 8.20. The molecular weight excluding hydrogens is 403 g/mol. The van der Waals surface area contributed by atoms with E-state index < -0.39 is 11.7 Å². The second-order valence-electron chi connectivity index (χ2n) is 6.69. The van der Waals surface area contributed by atoms with Gasteiger partial charge in [-0.15, -0.1) is 0 Å². The van der Waals surface area contributed by atoms with E-state index in [1.54, 1.807) is 23.2 Å². The van der Waals surface area contributed by atoms with E-state index in [-0.39, 0.29) is 12.4 Å². The van der Waals surface area contributed by atoms with Gasteiger partial charge in [0.1, 0.15) is 28.4 Å². The third kappa shape index (κ3) is 7.00. The molecule has 1 amide bonds. The van der Waals surface area contributed by atoms with Crippen molar-refractivity contribution in [3.8, 4) is 5.75 Å². The minimum atomic E-state index is -0.592. The molecule has 0 aliphatic carbocycles. The van der Waals surface area contributed by atoms with Crippen molar-refractivity contribution in [3.05, 3.63) is 58.6 Å². The Morgan fingerprint density at radius 3 is 2.46 bits per heavy atom. The number of benzene rings is 1. The first-order chi connectivity index (χ1) is 12.2. The van der Waals surface area contributed by atoms with E-state index in [4.69, 9.17) is 9.47 Å². The van der Waals surface area contributed by atoms with E-state index in [1.807, 2.05) is 32.9 Å². The van der Waals surface area contributed by atoms with E-state index in [0.717, 1.165) is 10.2 Å². The van der Waals surface area contributed by atoms with E-state index in [9.17, 15) is 9.18 Å². The van der Waals surface area contributed by atoms with Crippen LogP contribution >= 0.6 is 15.9 Å². The van der Waals surface area contributed by atoms with Crippen LogP contribution in [0, 0.1) is 5.82 Å². The van der Waals surface area contributed by atoms with Gasteiger partial charge in [-0.05, 0) is 72.6 Å². The van der Waals surface area contributed by atoms with Crippen molar-refractivity contribution in [2.75, 3.05) is 13.2 Å². The maximum absolute atomic E-state index is 12.9. The molecule has 0 unspecified atom stereocenters. The van der Waals surface area contributed by atoms with Gasteiger partial charge < -0.3 is 14.4 Å². The van der Waals surface area contributed by atoms with Crippen LogP contribution in [0.3, 0.4) is 0 Å². The average Bonchev–Trinajstić information content (AvgIpc) is 2.56. The van der Waals surface area contributed by atoms with Gasteiger partial charge in [0.2, 0.25) is 0 Å². The zero-order chi connectivity index (χ0) is 19.2. The fourth-order valence-electron chi connectivity index (χ4n) is 2.09. The number of halogens is 2. The molecule has 0 radical (unpaired) electrons. The predicted molar refractivity (Wildman–Crippen MR) is 100 cm³/mol. The van der Waals surface area contributed by atoms with Crippen molar-refractivity contribution in [2.24, 2.45) is 0 Å². The minimum Gasteiger partial charge on any atom is -0.492 e. The SMILES string of the molecule is CC(C)(C)OC(=O)N(CCOc1ccc(F)cc1)Cc1ccc(Br)nc1. The standard InChI is InChI=1S/C19H22BrFN2O3/c1-19(2,3)26-18(24)23(13-14-4-9-17(20)22-12-14)10-11-25-16-7-5-15(21)6-8-16/h4-9,12H,10-11,13H2,1-3H3. The molecule has 0 saturated heterocycles. The number of carbonyl (C=O) groups is 1. The fourth-order valence-corrected chi connectivity index (χ4v) is 2.32. The molecule has 26 heavy (non-hydrogen) atoms. The molecule has 2 rings (SSSR count). The Morgan fingerprint density at radius 1 is 1.19 bits per heavy atom. The molecule has 0 saturated carbocycles. The van der Waals surface area contributed by atoms with Gasteiger partial charge in [-0.25, -0.2) is 14.2 Å². The molecule has 1 aromatic heterocycles. The van der Waals surface area contributed by atoms with Crippen molar-refractivity contribution in [1.29, 1.82) is 0 Å². The van der Waals surface area contributed by atoms with Crippen LogP contribution in [0.25, 0.3) is 0 Å². The molecule has 1 heterocycles. The van der Waals surface area contributed by atoms with Crippen LogP contribution in [-0.4, -0.2) is 34.7 Å². The van der Waals surface area contributed by atoms with Crippen molar-refractivity contribution >= 4 is 22.0 Å². The summed E-state index contributed by atoms with van der Waals surface area (Å²) in [4.78, 5) is 18.2. The van der Waals surface area contributed by atoms with Crippen molar-refractivity contribution < 1.29 is 18.7 Å². The molecule has 7 heteroatoms. The lowest BCUT2D eigenvalue weighted by atomic mass is 10.2. The molecule has 5 nitrogen and oxygen atoms in total. The quantitative estimate of drug-likeness (QED) is 0.624. The van der Waals surface area contributed by atoms with Crippen LogP contribution in [-0.2, 0) is 11.3 Å². The summed E-state index contributed by atoms with van der Waals surface area (Å²) in [6.45, 7) is 6.39. The Morgan fingerprint density at radius 2 is 1.88 bits per heavy atom. The van der Waals surface area contributed by atoms with Gasteiger partial charge >= 0.3 is 6.09 Å². The molecule has 0 aliphatic rings. The van der Waals surface area contributed by atoms with Crippen molar-refractivity contribution in [3.63, 3.8) is 0 Å². The van der Waals surface area contributed by atoms with E-state index >= 15 is 0 Å². The van der Waals surface area contributed by atoms with Gasteiger partial charge in [-0.1, -0.05) is 6.07 Å². The third-order valence-electron chi connectivity index (χ3n) is 3.26. The average molecular weight is 425 g/mol. The molecule has 2 aromatic rings. The molecular formula is C19H22BrFN2O3. The highest BCUT2D eigenvalue weighted by atomic mass is 79.9. The highest BCUT2D eigenvalue weighted by Crippen LogP contribution is 2.15. The zero-order valence-electron chi connectivity index (χ0n) is 15.0. The number of ether oxygens (including phenoxy) is 2. The predicted octanol–water partition coefficient (Wildman–Crippen LogP) is 4.80. The van der Waals surface area contributed by atoms with Gasteiger partial charge in [0.25, 0.3) is 0 Å². The number of carbonyl (C=O) groups excluding carboxylic acids is 1. The molecule has 0 N–H and O–H groups in total. The van der Waals surface area contributed by atoms with E-state index in [1.165, 1.54) is 12.1 Å². The second kappa shape index (κ2) is 8.98. The number of amides is 1. The van der Waals surface area contributed by atoms with E-state index in [0.29, 0.717) is 18.8 Å². The van der Waals surface area contributed by atoms with Gasteiger partial charge in [0.15, 0.2) is 0 Å². The number of aromatic nitrogens is 1. The summed E-state index contributed by atoms with van der Waals surface area (Å²) in [6.07, 6.45) is 1.27. The molecule has 0 aliphatic heterocycles. The summed E-state index contributed by atoms with van der Waals surface area (Å²) in [5.74, 6) is 0.219. The van der Waals surface area contributed by atoms with Gasteiger partial charge in [-0.3, -0.25) is 0 Å². The first kappa shape index (κ1) is 20.2. The second-order valence-corrected chi connectivity index (χ2v) is 7.51. The van der Waals surface area contributed by atoms with Crippen LogP contribution < -0.4 is 4.74 Å². The van der Waals surface area contributed by atoms with E-state index in [2.05, 4.69) is 20.9 Å². The van der Waals surface area contributed by atoms with Crippen LogP contribution in [0.15, 0.2) is 47.2 Å². The molecule has 0 bridgehead atoms. The molecule has 1 aromatic carbocycles. The Labute approximate surface area is 161 Å². The minimum absolute atomic E-state index is 0.259. The Balaban J connectivity index is 2.00. The Bertz CT molecular complexity index is 715. The van der Waals surface area contributed by atoms with Crippen molar-refractivity contribution in [1.82, 2.24) is 9.88 Å². The van der Waals surface area contributed by atoms with Crippen LogP contribution in [0.2, 0.25) is 0 Å². The Kier molecular flexibility index (Phi) is 6.97. The maximum atomic E-state index is 12.9. The summed E-state index contributed by atoms with van der Waals surface area (Å²) < 4.78 is 24.7. The number of nitrogens with zero attached hydrogens (tertiary/aromatic N) is 2. The topological polar surface area (TPSA) is 51.7 Å². The lowest BCUT2D eigenvalue weighted by Crippen LogP contribution is -2.38. The molecule has 0 spiro atoms. The van der Waals surface area contributed by atoms with Crippen LogP contribution in [0.4, 0.5) is 9.18 Å². The van der Waals surface area contributed by atoms with Gasteiger partial charge in [0.05, 0.1) is 13.1 Å². The summed E-state index contributed by atoms with van der Waals surface area (Å²) in [6, 6.07) is 9.45. The van der Waals surface area contributed by atoms with Crippen LogP contribution in [0.5, 0.6) is 5.75 Å². The smallest absolute Gasteiger partial charge is 0.410 e. The maximum Gasteiger partial charge on any atom is 0.410 e. The normalized spacial score (nSPS) is 11.1. The lowest BCUT2D eigenvalue weighted by molar-refractivity contribution is 0.0209. The summed E-state index contributed by atoms with van der Waals surface area (Å²) in [5.41, 5.74) is 0.284. The summed E-state index contributed by atoms with van der Waals surface area (Å²) in [7, 11) is 0. The molecule has 0 fully saturated rings. The highest BCUT2D eigenvalue weighted by Gasteiger charge is 2.22. The summed E-state index contributed by atoms with van der Waals surface area (Å²) >= 11 is 3.29. The fraction of sp³-hybridized carbons (Fsp3) is 0.368. The lowest BCUT2D eigenvalue weighted by Gasteiger charge is -2.27. The van der Waals surface area contributed by atoms with Gasteiger partial charge in [0, 0.05) is 6.20 Å². The number of hydrogen-bond acceptors (Lipinski definition) is 4. The van der Waals surface area contributed by atoms with Crippen LogP contribution in [0.1, 0.15) is 26.3 Å². The monoisotopic (exact) mass is 424 g/mol. The number of hydrogen-bond donors (Lipinski definition) is 0. The number of pyridine rings is 1. The summed E-state index contributed by atoms with van der Waals surface area (Å²) in [5, 5.41) is 0. The largest absolute Gasteiger partial charge is 0.492 e. The van der Waals surface area contributed by atoms with Gasteiger partial charge in [-0.2, -0.15) is 0 Å². The first-order valence-corrected chi connectivity index (χ1v) is 8.99. The highest BCUT2D eigenvalue weighted by molar-refractivity contribution is 9.10.